The number of rotatable bonds is 1. The molecule has 3 rings (SSSR count). The van der Waals surface area contributed by atoms with Crippen molar-refractivity contribution in [1.29, 1.82) is 0 Å². The highest BCUT2D eigenvalue weighted by molar-refractivity contribution is 6.30. The first-order valence-corrected chi connectivity index (χ1v) is 6.01. The molecule has 0 heterocycles. The number of hydrogen-bond donors (Lipinski definition) is 0. The lowest BCUT2D eigenvalue weighted by Crippen LogP contribution is -1.96. The van der Waals surface area contributed by atoms with Crippen LogP contribution in [-0.2, 0) is 0 Å². The topological polar surface area (TPSA) is 17.1 Å². The van der Waals surface area contributed by atoms with Gasteiger partial charge >= 0.3 is 0 Å². The Morgan fingerprint density at radius 3 is 2.47 bits per heavy atom. The molecule has 1 aliphatic rings. The van der Waals surface area contributed by atoms with Crippen molar-refractivity contribution >= 4 is 17.4 Å². The Kier molecular flexibility index (Phi) is 2.49. The Morgan fingerprint density at radius 1 is 1.00 bits per heavy atom. The van der Waals surface area contributed by atoms with Gasteiger partial charge in [-0.05, 0) is 23.3 Å². The molecule has 0 bridgehead atoms. The second-order valence-electron chi connectivity index (χ2n) is 4.32. The molecular formula is C15H11ClO. The number of ketones is 1. The predicted molar refractivity (Wildman–Crippen MR) is 68.7 cm³/mol. The lowest BCUT2D eigenvalue weighted by atomic mass is 9.93. The molecule has 0 radical (unpaired) electrons. The van der Waals surface area contributed by atoms with Crippen molar-refractivity contribution in [3.05, 3.63) is 70.2 Å². The summed E-state index contributed by atoms with van der Waals surface area (Å²) in [6, 6.07) is 15.6. The molecule has 0 aliphatic heterocycles. The van der Waals surface area contributed by atoms with Crippen LogP contribution in [0.3, 0.4) is 0 Å². The van der Waals surface area contributed by atoms with Gasteiger partial charge in [0.15, 0.2) is 5.78 Å². The molecule has 84 valence electrons. The molecule has 0 saturated heterocycles. The predicted octanol–water partition coefficient (Wildman–Crippen LogP) is 4.06. The summed E-state index contributed by atoms with van der Waals surface area (Å²) in [5.41, 5.74) is 3.17. The SMILES string of the molecule is O=C1C[C@H](c2ccc(Cl)cc2)c2ccccc21. The third-order valence-corrected chi connectivity index (χ3v) is 3.55. The summed E-state index contributed by atoms with van der Waals surface area (Å²) >= 11 is 5.88. The van der Waals surface area contributed by atoms with E-state index in [1.807, 2.05) is 48.5 Å². The summed E-state index contributed by atoms with van der Waals surface area (Å²) in [7, 11) is 0. The zero-order valence-electron chi connectivity index (χ0n) is 9.19. The molecule has 2 aromatic rings. The van der Waals surface area contributed by atoms with Gasteiger partial charge < -0.3 is 0 Å². The van der Waals surface area contributed by atoms with Crippen LogP contribution in [0.5, 0.6) is 0 Å². The number of carbonyl (C=O) groups is 1. The van der Waals surface area contributed by atoms with E-state index in [-0.39, 0.29) is 11.7 Å². The molecule has 1 atom stereocenters. The van der Waals surface area contributed by atoms with Crippen molar-refractivity contribution in [2.45, 2.75) is 12.3 Å². The van der Waals surface area contributed by atoms with Crippen LogP contribution < -0.4 is 0 Å². The minimum absolute atomic E-state index is 0.191. The molecule has 0 spiro atoms. The number of halogens is 1. The van der Waals surface area contributed by atoms with Crippen molar-refractivity contribution in [3.8, 4) is 0 Å². The summed E-state index contributed by atoms with van der Waals surface area (Å²) in [6.07, 6.45) is 0.570. The number of hydrogen-bond acceptors (Lipinski definition) is 1. The quantitative estimate of drug-likeness (QED) is 0.737. The normalized spacial score (nSPS) is 18.2. The van der Waals surface area contributed by atoms with E-state index in [2.05, 4.69) is 0 Å². The molecule has 0 N–H and O–H groups in total. The van der Waals surface area contributed by atoms with Gasteiger partial charge in [-0.2, -0.15) is 0 Å². The van der Waals surface area contributed by atoms with Crippen molar-refractivity contribution in [2.75, 3.05) is 0 Å². The summed E-state index contributed by atoms with van der Waals surface area (Å²) in [5, 5.41) is 0.728. The van der Waals surface area contributed by atoms with E-state index >= 15 is 0 Å². The summed E-state index contributed by atoms with van der Waals surface area (Å²) in [6.45, 7) is 0. The van der Waals surface area contributed by atoms with E-state index in [1.54, 1.807) is 0 Å². The standard InChI is InChI=1S/C15H11ClO/c16-11-7-5-10(6-8-11)14-9-15(17)13-4-2-1-3-12(13)14/h1-8,14H,9H2/t14-/m1/s1. The van der Waals surface area contributed by atoms with E-state index in [4.69, 9.17) is 11.6 Å². The first kappa shape index (κ1) is 10.5. The van der Waals surface area contributed by atoms with Crippen LogP contribution in [0.25, 0.3) is 0 Å². The maximum Gasteiger partial charge on any atom is 0.164 e. The van der Waals surface area contributed by atoms with Crippen LogP contribution in [0.2, 0.25) is 5.02 Å². The summed E-state index contributed by atoms with van der Waals surface area (Å²) < 4.78 is 0. The minimum atomic E-state index is 0.191. The van der Waals surface area contributed by atoms with Crippen molar-refractivity contribution in [1.82, 2.24) is 0 Å². The van der Waals surface area contributed by atoms with Gasteiger partial charge in [0.1, 0.15) is 0 Å². The van der Waals surface area contributed by atoms with Crippen LogP contribution in [0.4, 0.5) is 0 Å². The maximum atomic E-state index is 11.9. The number of fused-ring (bicyclic) bond motifs is 1. The van der Waals surface area contributed by atoms with Gasteiger partial charge in [0.2, 0.25) is 0 Å². The Hall–Kier alpha value is -1.60. The summed E-state index contributed by atoms with van der Waals surface area (Å²) in [4.78, 5) is 11.9. The Bertz CT molecular complexity index is 572. The van der Waals surface area contributed by atoms with E-state index < -0.39 is 0 Å². The molecule has 2 heteroatoms. The van der Waals surface area contributed by atoms with Crippen LogP contribution in [-0.4, -0.2) is 5.78 Å². The lowest BCUT2D eigenvalue weighted by molar-refractivity contribution is 0.0991. The molecule has 0 saturated carbocycles. The van der Waals surface area contributed by atoms with Crippen LogP contribution in [0.15, 0.2) is 48.5 Å². The second kappa shape index (κ2) is 4.01. The zero-order valence-corrected chi connectivity index (χ0v) is 9.95. The second-order valence-corrected chi connectivity index (χ2v) is 4.76. The molecule has 0 unspecified atom stereocenters. The van der Waals surface area contributed by atoms with Gasteiger partial charge in [-0.1, -0.05) is 48.0 Å². The van der Waals surface area contributed by atoms with Crippen LogP contribution in [0, 0.1) is 0 Å². The number of benzene rings is 2. The first-order chi connectivity index (χ1) is 8.25. The van der Waals surface area contributed by atoms with Gasteiger partial charge in [-0.15, -0.1) is 0 Å². The molecule has 1 aliphatic carbocycles. The van der Waals surface area contributed by atoms with Gasteiger partial charge in [-0.25, -0.2) is 0 Å². The first-order valence-electron chi connectivity index (χ1n) is 5.63. The Labute approximate surface area is 105 Å². The van der Waals surface area contributed by atoms with Gasteiger partial charge in [0, 0.05) is 22.9 Å². The van der Waals surface area contributed by atoms with Gasteiger partial charge in [0.25, 0.3) is 0 Å². The summed E-state index contributed by atoms with van der Waals surface area (Å²) in [5.74, 6) is 0.427. The fourth-order valence-corrected chi connectivity index (χ4v) is 2.58. The Balaban J connectivity index is 2.07. The minimum Gasteiger partial charge on any atom is -0.294 e. The van der Waals surface area contributed by atoms with Crippen molar-refractivity contribution in [2.24, 2.45) is 0 Å². The Morgan fingerprint density at radius 2 is 1.71 bits per heavy atom. The smallest absolute Gasteiger partial charge is 0.164 e. The molecule has 17 heavy (non-hydrogen) atoms. The molecular weight excluding hydrogens is 232 g/mol. The zero-order chi connectivity index (χ0) is 11.8. The third-order valence-electron chi connectivity index (χ3n) is 3.30. The highest BCUT2D eigenvalue weighted by Crippen LogP contribution is 2.37. The maximum absolute atomic E-state index is 11.9. The highest BCUT2D eigenvalue weighted by Gasteiger charge is 2.29. The fraction of sp³-hybridized carbons (Fsp3) is 0.133. The van der Waals surface area contributed by atoms with E-state index in [0.717, 1.165) is 21.7 Å². The lowest BCUT2D eigenvalue weighted by Gasteiger charge is -2.10. The molecule has 0 aromatic heterocycles. The van der Waals surface area contributed by atoms with Gasteiger partial charge in [-0.3, -0.25) is 4.79 Å². The monoisotopic (exact) mass is 242 g/mol. The number of Topliss-reactive ketones (excluding diaryl/α,β-unsaturated/α-hetero) is 1. The van der Waals surface area contributed by atoms with Crippen molar-refractivity contribution in [3.63, 3.8) is 0 Å². The average Bonchev–Trinajstić information content (AvgIpc) is 2.69. The van der Waals surface area contributed by atoms with Gasteiger partial charge in [0.05, 0.1) is 0 Å². The largest absolute Gasteiger partial charge is 0.294 e. The van der Waals surface area contributed by atoms with E-state index in [1.165, 1.54) is 0 Å². The third kappa shape index (κ3) is 1.77. The molecule has 2 aromatic carbocycles. The van der Waals surface area contributed by atoms with E-state index in [0.29, 0.717) is 6.42 Å². The molecule has 0 fully saturated rings. The fourth-order valence-electron chi connectivity index (χ4n) is 2.45. The number of carbonyl (C=O) groups excluding carboxylic acids is 1. The van der Waals surface area contributed by atoms with Crippen molar-refractivity contribution < 1.29 is 4.79 Å². The molecule has 1 nitrogen and oxygen atoms in total. The van der Waals surface area contributed by atoms with Crippen LogP contribution >= 0.6 is 11.6 Å². The highest BCUT2D eigenvalue weighted by atomic mass is 35.5. The van der Waals surface area contributed by atoms with Crippen LogP contribution in [0.1, 0.15) is 33.8 Å². The average molecular weight is 243 g/mol. The van der Waals surface area contributed by atoms with E-state index in [9.17, 15) is 4.79 Å². The molecule has 0 amide bonds.